The number of hydrogen-bond donors (Lipinski definition) is 2. The number of anilines is 2. The molecular weight excluding hydrogens is 298 g/mol. The molecule has 2 rings (SSSR count). The highest BCUT2D eigenvalue weighted by Crippen LogP contribution is 2.25. The molecule has 0 heterocycles. The van der Waals surface area contributed by atoms with Crippen LogP contribution in [0, 0.1) is 11.6 Å². The number of hydrogen-bond acceptors (Lipinski definition) is 3. The quantitative estimate of drug-likeness (QED) is 0.891. The van der Waals surface area contributed by atoms with Crippen LogP contribution >= 0.6 is 0 Å². The predicted molar refractivity (Wildman–Crippen MR) is 77.8 cm³/mol. The van der Waals surface area contributed by atoms with Crippen LogP contribution in [0.15, 0.2) is 47.4 Å². The molecule has 0 aliphatic rings. The molecule has 2 aromatic rings. The molecule has 112 valence electrons. The molecule has 2 aromatic carbocycles. The molecule has 7 heteroatoms. The van der Waals surface area contributed by atoms with Gasteiger partial charge in [-0.3, -0.25) is 4.72 Å². The lowest BCUT2D eigenvalue weighted by atomic mass is 10.3. The van der Waals surface area contributed by atoms with Gasteiger partial charge in [-0.15, -0.1) is 0 Å². The average molecular weight is 312 g/mol. The molecule has 0 saturated carbocycles. The monoisotopic (exact) mass is 312 g/mol. The lowest BCUT2D eigenvalue weighted by Gasteiger charge is -2.13. The summed E-state index contributed by atoms with van der Waals surface area (Å²) in [6, 6.07) is 8.91. The van der Waals surface area contributed by atoms with Gasteiger partial charge in [-0.05, 0) is 31.2 Å². The number of rotatable bonds is 5. The lowest BCUT2D eigenvalue weighted by molar-refractivity contribution is 0.583. The molecule has 21 heavy (non-hydrogen) atoms. The Kier molecular flexibility index (Phi) is 4.42. The number of nitrogens with one attached hydrogen (secondary N) is 2. The molecule has 0 radical (unpaired) electrons. The van der Waals surface area contributed by atoms with E-state index in [-0.39, 0.29) is 10.6 Å². The van der Waals surface area contributed by atoms with E-state index in [9.17, 15) is 17.2 Å². The summed E-state index contributed by atoms with van der Waals surface area (Å²) in [7, 11) is -3.98. The summed E-state index contributed by atoms with van der Waals surface area (Å²) in [5.74, 6) is -1.75. The Morgan fingerprint density at radius 1 is 1.05 bits per heavy atom. The Morgan fingerprint density at radius 3 is 2.43 bits per heavy atom. The Bertz CT molecular complexity index is 748. The first-order valence-electron chi connectivity index (χ1n) is 6.25. The molecule has 0 spiro atoms. The van der Waals surface area contributed by atoms with Crippen molar-refractivity contribution in [3.63, 3.8) is 0 Å². The molecule has 0 aliphatic carbocycles. The fourth-order valence-electron chi connectivity index (χ4n) is 1.81. The van der Waals surface area contributed by atoms with E-state index in [2.05, 4.69) is 10.0 Å². The summed E-state index contributed by atoms with van der Waals surface area (Å²) >= 11 is 0. The first-order valence-corrected chi connectivity index (χ1v) is 7.73. The maximum atomic E-state index is 13.6. The van der Waals surface area contributed by atoms with Crippen LogP contribution in [0.3, 0.4) is 0 Å². The highest BCUT2D eigenvalue weighted by atomic mass is 32.2. The molecule has 2 N–H and O–H groups in total. The molecule has 4 nitrogen and oxygen atoms in total. The van der Waals surface area contributed by atoms with Crippen LogP contribution in [0.2, 0.25) is 0 Å². The smallest absolute Gasteiger partial charge is 0.264 e. The second kappa shape index (κ2) is 6.09. The highest BCUT2D eigenvalue weighted by Gasteiger charge is 2.19. The topological polar surface area (TPSA) is 58.2 Å². The standard InChI is InChI=1S/C14H14F2N2O2S/c1-2-17-13-5-3-4-6-14(13)21(19,20)18-12-8-7-10(15)9-11(12)16/h3-9,17-18H,2H2,1H3. The van der Waals surface area contributed by atoms with Crippen LogP contribution in [-0.4, -0.2) is 15.0 Å². The minimum Gasteiger partial charge on any atom is -0.384 e. The number of para-hydroxylation sites is 1. The van der Waals surface area contributed by atoms with Crippen molar-refractivity contribution in [1.29, 1.82) is 0 Å². The van der Waals surface area contributed by atoms with Gasteiger partial charge in [0.05, 0.1) is 11.4 Å². The van der Waals surface area contributed by atoms with E-state index in [1.165, 1.54) is 6.07 Å². The third kappa shape index (κ3) is 3.49. The molecule has 0 aliphatic heterocycles. The number of sulfonamides is 1. The predicted octanol–water partition coefficient (Wildman–Crippen LogP) is 3.20. The van der Waals surface area contributed by atoms with Gasteiger partial charge < -0.3 is 5.32 Å². The molecular formula is C14H14F2N2O2S. The first kappa shape index (κ1) is 15.2. The van der Waals surface area contributed by atoms with Gasteiger partial charge in [0.2, 0.25) is 0 Å². The maximum absolute atomic E-state index is 13.6. The molecule has 0 amide bonds. The van der Waals surface area contributed by atoms with Crippen molar-refractivity contribution in [3.05, 3.63) is 54.1 Å². The zero-order chi connectivity index (χ0) is 15.5. The van der Waals surface area contributed by atoms with Gasteiger partial charge in [-0.1, -0.05) is 12.1 Å². The second-order valence-electron chi connectivity index (χ2n) is 4.26. The van der Waals surface area contributed by atoms with E-state index in [0.717, 1.165) is 12.1 Å². The second-order valence-corrected chi connectivity index (χ2v) is 5.91. The van der Waals surface area contributed by atoms with E-state index in [0.29, 0.717) is 18.3 Å². The van der Waals surface area contributed by atoms with E-state index in [4.69, 9.17) is 0 Å². The third-order valence-corrected chi connectivity index (χ3v) is 4.14. The number of halogens is 2. The molecule has 0 fully saturated rings. The Labute approximate surface area is 121 Å². The summed E-state index contributed by atoms with van der Waals surface area (Å²) in [5.41, 5.74) is 0.109. The van der Waals surface area contributed by atoms with Gasteiger partial charge in [0.1, 0.15) is 16.5 Å². The normalized spacial score (nSPS) is 11.2. The van der Waals surface area contributed by atoms with E-state index in [1.807, 2.05) is 6.92 Å². The molecule has 0 aromatic heterocycles. The first-order chi connectivity index (χ1) is 9.94. The van der Waals surface area contributed by atoms with Crippen LogP contribution in [0.5, 0.6) is 0 Å². The fourth-order valence-corrected chi connectivity index (χ4v) is 3.06. The van der Waals surface area contributed by atoms with Gasteiger partial charge in [-0.2, -0.15) is 0 Å². The van der Waals surface area contributed by atoms with Crippen molar-refractivity contribution < 1.29 is 17.2 Å². The van der Waals surface area contributed by atoms with Crippen molar-refractivity contribution in [2.75, 3.05) is 16.6 Å². The average Bonchev–Trinajstić information content (AvgIpc) is 2.43. The largest absolute Gasteiger partial charge is 0.384 e. The molecule has 0 unspecified atom stereocenters. The summed E-state index contributed by atoms with van der Waals surface area (Å²) in [6.45, 7) is 2.37. The van der Waals surface area contributed by atoms with Gasteiger partial charge in [0.15, 0.2) is 0 Å². The SMILES string of the molecule is CCNc1ccccc1S(=O)(=O)Nc1ccc(F)cc1F. The summed E-state index contributed by atoms with van der Waals surface area (Å²) in [6.07, 6.45) is 0. The minimum absolute atomic E-state index is 0.00410. The summed E-state index contributed by atoms with van der Waals surface area (Å²) in [4.78, 5) is -0.00410. The van der Waals surface area contributed by atoms with Gasteiger partial charge in [-0.25, -0.2) is 17.2 Å². The van der Waals surface area contributed by atoms with Crippen molar-refractivity contribution in [2.24, 2.45) is 0 Å². The summed E-state index contributed by atoms with van der Waals surface area (Å²) in [5, 5.41) is 2.92. The molecule has 0 atom stereocenters. The van der Waals surface area contributed by atoms with E-state index >= 15 is 0 Å². The van der Waals surface area contributed by atoms with E-state index < -0.39 is 21.7 Å². The molecule has 0 bridgehead atoms. The number of benzene rings is 2. The minimum atomic E-state index is -3.98. The van der Waals surface area contributed by atoms with Gasteiger partial charge in [0.25, 0.3) is 10.0 Å². The van der Waals surface area contributed by atoms with E-state index in [1.54, 1.807) is 18.2 Å². The molecule has 0 saturated heterocycles. The zero-order valence-corrected chi connectivity index (χ0v) is 12.0. The van der Waals surface area contributed by atoms with Crippen LogP contribution < -0.4 is 10.0 Å². The summed E-state index contributed by atoms with van der Waals surface area (Å²) < 4.78 is 53.2. The maximum Gasteiger partial charge on any atom is 0.264 e. The highest BCUT2D eigenvalue weighted by molar-refractivity contribution is 7.92. The Morgan fingerprint density at radius 2 is 1.76 bits per heavy atom. The fraction of sp³-hybridized carbons (Fsp3) is 0.143. The van der Waals surface area contributed by atoms with Crippen LogP contribution in [-0.2, 0) is 10.0 Å². The van der Waals surface area contributed by atoms with Crippen molar-refractivity contribution in [1.82, 2.24) is 0 Å². The Hall–Kier alpha value is -2.15. The van der Waals surface area contributed by atoms with Crippen LogP contribution in [0.25, 0.3) is 0 Å². The van der Waals surface area contributed by atoms with Crippen molar-refractivity contribution in [3.8, 4) is 0 Å². The van der Waals surface area contributed by atoms with Crippen LogP contribution in [0.1, 0.15) is 6.92 Å². The van der Waals surface area contributed by atoms with Crippen molar-refractivity contribution in [2.45, 2.75) is 11.8 Å². The van der Waals surface area contributed by atoms with Gasteiger partial charge >= 0.3 is 0 Å². The Balaban J connectivity index is 2.39. The van der Waals surface area contributed by atoms with Gasteiger partial charge in [0, 0.05) is 12.6 Å². The third-order valence-electron chi connectivity index (χ3n) is 2.72. The zero-order valence-electron chi connectivity index (χ0n) is 11.2. The van der Waals surface area contributed by atoms with Crippen LogP contribution in [0.4, 0.5) is 20.2 Å². The lowest BCUT2D eigenvalue weighted by Crippen LogP contribution is -2.16. The van der Waals surface area contributed by atoms with Crippen molar-refractivity contribution >= 4 is 21.4 Å².